The van der Waals surface area contributed by atoms with Gasteiger partial charge in [-0.25, -0.2) is 8.42 Å². The first kappa shape index (κ1) is 13.8. The van der Waals surface area contributed by atoms with Gasteiger partial charge in [-0.15, -0.1) is 0 Å². The fraction of sp³-hybridized carbons (Fsp3) is 0.417. The first-order valence-electron chi connectivity index (χ1n) is 5.82. The molecule has 2 rings (SSSR count). The minimum absolute atomic E-state index is 0.0217. The molecule has 0 unspecified atom stereocenters. The molecule has 1 heterocycles. The molecular formula is C12H16N2O4S. The number of anilines is 1. The van der Waals surface area contributed by atoms with E-state index in [1.165, 1.54) is 12.1 Å². The van der Waals surface area contributed by atoms with E-state index in [-0.39, 0.29) is 11.3 Å². The van der Waals surface area contributed by atoms with Gasteiger partial charge in [0.05, 0.1) is 16.9 Å². The smallest absolute Gasteiger partial charge is 0.305 e. The van der Waals surface area contributed by atoms with Crippen LogP contribution in [0.2, 0.25) is 0 Å². The summed E-state index contributed by atoms with van der Waals surface area (Å²) in [5, 5.41) is 15.1. The van der Waals surface area contributed by atoms with Crippen LogP contribution < -0.4 is 10.6 Å². The second-order valence-electron chi connectivity index (χ2n) is 4.88. The third-order valence-corrected chi connectivity index (χ3v) is 4.24. The van der Waals surface area contributed by atoms with Gasteiger partial charge in [-0.05, 0) is 24.3 Å². The van der Waals surface area contributed by atoms with Crippen LogP contribution in [0.5, 0.6) is 0 Å². The zero-order valence-corrected chi connectivity index (χ0v) is 11.3. The normalized spacial score (nSPS) is 17.5. The van der Waals surface area contributed by atoms with Crippen LogP contribution in [0.1, 0.15) is 6.42 Å². The number of aliphatic carboxylic acids is 1. The van der Waals surface area contributed by atoms with Gasteiger partial charge >= 0.3 is 5.97 Å². The molecule has 0 atom stereocenters. The van der Waals surface area contributed by atoms with Gasteiger partial charge in [0.1, 0.15) is 0 Å². The number of hydrogen-bond donors (Lipinski definition) is 3. The Bertz CT molecular complexity index is 576. The van der Waals surface area contributed by atoms with E-state index in [2.05, 4.69) is 10.6 Å². The summed E-state index contributed by atoms with van der Waals surface area (Å²) in [5.74, 6) is -0.859. The van der Waals surface area contributed by atoms with E-state index in [0.29, 0.717) is 13.1 Å². The molecule has 1 aliphatic heterocycles. The maximum Gasteiger partial charge on any atom is 0.305 e. The molecule has 3 N–H and O–H groups in total. The first-order chi connectivity index (χ1) is 8.81. The first-order valence-corrected chi connectivity index (χ1v) is 7.71. The van der Waals surface area contributed by atoms with Crippen molar-refractivity contribution in [3.63, 3.8) is 0 Å². The summed E-state index contributed by atoms with van der Waals surface area (Å²) in [4.78, 5) is 11.1. The summed E-state index contributed by atoms with van der Waals surface area (Å²) in [6.45, 7) is 1.15. The monoisotopic (exact) mass is 284 g/mol. The minimum Gasteiger partial charge on any atom is -0.481 e. The molecule has 1 fully saturated rings. The summed E-state index contributed by atoms with van der Waals surface area (Å²) in [6.07, 6.45) is 1.17. The Labute approximate surface area is 111 Å². The van der Waals surface area contributed by atoms with Crippen LogP contribution in [0, 0.1) is 0 Å². The summed E-state index contributed by atoms with van der Waals surface area (Å²) >= 11 is 0. The Balaban J connectivity index is 2.13. The zero-order valence-electron chi connectivity index (χ0n) is 10.5. The van der Waals surface area contributed by atoms with Gasteiger partial charge in [0.2, 0.25) is 0 Å². The Kier molecular flexibility index (Phi) is 3.51. The number of carboxylic acids is 1. The van der Waals surface area contributed by atoms with Crippen LogP contribution in [0.3, 0.4) is 0 Å². The molecule has 0 spiro atoms. The second kappa shape index (κ2) is 4.82. The molecule has 1 aliphatic rings. The second-order valence-corrected chi connectivity index (χ2v) is 6.89. The van der Waals surface area contributed by atoms with Crippen molar-refractivity contribution in [3.8, 4) is 0 Å². The topological polar surface area (TPSA) is 95.5 Å². The molecule has 1 saturated heterocycles. The third kappa shape index (κ3) is 3.24. The van der Waals surface area contributed by atoms with Crippen LogP contribution in [0.25, 0.3) is 0 Å². The minimum atomic E-state index is -3.21. The SMILES string of the molecule is CS(=O)(=O)c1ccc(NC2(CC(=O)O)CNC2)cc1. The van der Waals surface area contributed by atoms with Crippen LogP contribution >= 0.6 is 0 Å². The average Bonchev–Trinajstić information content (AvgIpc) is 2.25. The van der Waals surface area contributed by atoms with Crippen molar-refractivity contribution < 1.29 is 18.3 Å². The van der Waals surface area contributed by atoms with E-state index in [1.54, 1.807) is 12.1 Å². The molecule has 7 heteroatoms. The highest BCUT2D eigenvalue weighted by Gasteiger charge is 2.38. The zero-order chi connectivity index (χ0) is 14.1. The third-order valence-electron chi connectivity index (χ3n) is 3.11. The summed E-state index contributed by atoms with van der Waals surface area (Å²) < 4.78 is 22.7. The summed E-state index contributed by atoms with van der Waals surface area (Å²) in [6, 6.07) is 6.33. The highest BCUT2D eigenvalue weighted by molar-refractivity contribution is 7.90. The lowest BCUT2D eigenvalue weighted by Gasteiger charge is -2.43. The van der Waals surface area contributed by atoms with E-state index in [1.807, 2.05) is 0 Å². The van der Waals surface area contributed by atoms with Gasteiger partial charge in [-0.2, -0.15) is 0 Å². The van der Waals surface area contributed by atoms with Gasteiger partial charge in [0.15, 0.2) is 9.84 Å². The molecular weight excluding hydrogens is 268 g/mol. The molecule has 0 saturated carbocycles. The number of carbonyl (C=O) groups is 1. The number of sulfone groups is 1. The Morgan fingerprint density at radius 2 is 1.95 bits per heavy atom. The summed E-state index contributed by atoms with van der Waals surface area (Å²) in [7, 11) is -3.21. The van der Waals surface area contributed by atoms with E-state index < -0.39 is 21.3 Å². The predicted molar refractivity (Wildman–Crippen MR) is 71.0 cm³/mol. The van der Waals surface area contributed by atoms with Crippen molar-refractivity contribution in [1.29, 1.82) is 0 Å². The van der Waals surface area contributed by atoms with Gasteiger partial charge in [0, 0.05) is 25.0 Å². The molecule has 0 aliphatic carbocycles. The van der Waals surface area contributed by atoms with Gasteiger partial charge < -0.3 is 15.7 Å². The highest BCUT2D eigenvalue weighted by Crippen LogP contribution is 2.24. The quantitative estimate of drug-likeness (QED) is 0.720. The van der Waals surface area contributed by atoms with E-state index >= 15 is 0 Å². The number of carboxylic acid groups (broad SMARTS) is 1. The molecule has 1 aromatic carbocycles. The van der Waals surface area contributed by atoms with Crippen molar-refractivity contribution in [1.82, 2.24) is 5.32 Å². The fourth-order valence-corrected chi connectivity index (χ4v) is 2.70. The number of benzene rings is 1. The van der Waals surface area contributed by atoms with Gasteiger partial charge in [-0.1, -0.05) is 0 Å². The highest BCUT2D eigenvalue weighted by atomic mass is 32.2. The van der Waals surface area contributed by atoms with Crippen molar-refractivity contribution in [3.05, 3.63) is 24.3 Å². The van der Waals surface area contributed by atoms with Gasteiger partial charge in [0.25, 0.3) is 0 Å². The molecule has 0 bridgehead atoms. The van der Waals surface area contributed by atoms with Crippen molar-refractivity contribution in [2.24, 2.45) is 0 Å². The van der Waals surface area contributed by atoms with Gasteiger partial charge in [-0.3, -0.25) is 4.79 Å². The Morgan fingerprint density at radius 1 is 1.37 bits per heavy atom. The molecule has 6 nitrogen and oxygen atoms in total. The van der Waals surface area contributed by atoms with Crippen LogP contribution in [-0.4, -0.2) is 44.4 Å². The molecule has 1 aromatic rings. The summed E-state index contributed by atoms with van der Waals surface area (Å²) in [5.41, 5.74) is 0.230. The number of hydrogen-bond acceptors (Lipinski definition) is 5. The Morgan fingerprint density at radius 3 is 2.32 bits per heavy atom. The van der Waals surface area contributed by atoms with Crippen LogP contribution in [-0.2, 0) is 14.6 Å². The van der Waals surface area contributed by atoms with Crippen LogP contribution in [0.4, 0.5) is 5.69 Å². The number of nitrogens with one attached hydrogen (secondary N) is 2. The van der Waals surface area contributed by atoms with E-state index in [0.717, 1.165) is 11.9 Å². The average molecular weight is 284 g/mol. The van der Waals surface area contributed by atoms with Crippen molar-refractivity contribution in [2.45, 2.75) is 16.9 Å². The Hall–Kier alpha value is -1.60. The maximum absolute atomic E-state index is 11.3. The maximum atomic E-state index is 11.3. The lowest BCUT2D eigenvalue weighted by Crippen LogP contribution is -2.65. The molecule has 0 radical (unpaired) electrons. The largest absolute Gasteiger partial charge is 0.481 e. The molecule has 104 valence electrons. The fourth-order valence-electron chi connectivity index (χ4n) is 2.07. The van der Waals surface area contributed by atoms with E-state index in [4.69, 9.17) is 5.11 Å². The van der Waals surface area contributed by atoms with Crippen molar-refractivity contribution in [2.75, 3.05) is 24.7 Å². The lowest BCUT2D eigenvalue weighted by molar-refractivity contribution is -0.138. The van der Waals surface area contributed by atoms with E-state index in [9.17, 15) is 13.2 Å². The molecule has 0 aromatic heterocycles. The standard InChI is InChI=1S/C12H16N2O4S/c1-19(17,18)10-4-2-9(3-5-10)14-12(6-11(15)16)7-13-8-12/h2-5,13-14H,6-8H2,1H3,(H,15,16). The predicted octanol–water partition coefficient (Wildman–Crippen LogP) is 0.319. The molecule has 0 amide bonds. The molecule has 19 heavy (non-hydrogen) atoms. The van der Waals surface area contributed by atoms with Crippen LogP contribution in [0.15, 0.2) is 29.2 Å². The number of rotatable bonds is 5. The van der Waals surface area contributed by atoms with Crippen molar-refractivity contribution >= 4 is 21.5 Å². The lowest BCUT2D eigenvalue weighted by atomic mass is 9.88.